The minimum atomic E-state index is 0.286. The van der Waals surface area contributed by atoms with E-state index in [2.05, 4.69) is 34.6 Å². The van der Waals surface area contributed by atoms with Crippen molar-refractivity contribution >= 4 is 15.9 Å². The van der Waals surface area contributed by atoms with E-state index in [1.807, 2.05) is 24.3 Å². The van der Waals surface area contributed by atoms with Gasteiger partial charge in [0, 0.05) is 0 Å². The molecule has 52 valence electrons. The fourth-order valence-corrected chi connectivity index (χ4v) is 1.08. The Labute approximate surface area is 69.7 Å². The lowest BCUT2D eigenvalue weighted by Crippen LogP contribution is -1.81. The summed E-state index contributed by atoms with van der Waals surface area (Å²) in [7, 11) is 0. The first kappa shape index (κ1) is 7.55. The van der Waals surface area contributed by atoms with Crippen LogP contribution in [0.3, 0.4) is 0 Å². The first-order valence-electron chi connectivity index (χ1n) is 3.16. The monoisotopic (exact) mass is 196 g/mol. The summed E-state index contributed by atoms with van der Waals surface area (Å²) in [6, 6.07) is 10.2. The van der Waals surface area contributed by atoms with Crippen molar-refractivity contribution in [2.45, 2.75) is 4.83 Å². The molecule has 1 atom stereocenters. The van der Waals surface area contributed by atoms with Gasteiger partial charge in [-0.05, 0) is 5.56 Å². The fraction of sp³-hybridized carbons (Fsp3) is 0.111. The third-order valence-electron chi connectivity index (χ3n) is 1.32. The highest BCUT2D eigenvalue weighted by molar-refractivity contribution is 9.09. The summed E-state index contributed by atoms with van der Waals surface area (Å²) < 4.78 is 0. The van der Waals surface area contributed by atoms with Crippen molar-refractivity contribution in [2.75, 3.05) is 0 Å². The van der Waals surface area contributed by atoms with Gasteiger partial charge in [-0.2, -0.15) is 0 Å². The molecule has 0 aliphatic heterocycles. The van der Waals surface area contributed by atoms with E-state index in [9.17, 15) is 0 Å². The topological polar surface area (TPSA) is 0 Å². The maximum absolute atomic E-state index is 3.69. The van der Waals surface area contributed by atoms with Crippen LogP contribution in [0, 0.1) is 0 Å². The van der Waals surface area contributed by atoms with Crippen LogP contribution in [0.2, 0.25) is 0 Å². The lowest BCUT2D eigenvalue weighted by molar-refractivity contribution is 1.26. The molecular weight excluding hydrogens is 188 g/mol. The Morgan fingerprint density at radius 3 is 2.40 bits per heavy atom. The number of benzene rings is 1. The van der Waals surface area contributed by atoms with Gasteiger partial charge >= 0.3 is 0 Å². The number of halogens is 1. The Bertz CT molecular complexity index is 203. The average Bonchev–Trinajstić information content (AvgIpc) is 2.05. The van der Waals surface area contributed by atoms with E-state index < -0.39 is 0 Å². The van der Waals surface area contributed by atoms with Gasteiger partial charge in [-0.25, -0.2) is 0 Å². The van der Waals surface area contributed by atoms with E-state index >= 15 is 0 Å². The molecule has 1 rings (SSSR count). The molecule has 0 spiro atoms. The summed E-state index contributed by atoms with van der Waals surface area (Å²) in [6.45, 7) is 3.69. The maximum Gasteiger partial charge on any atom is 0.0572 e. The number of allylic oxidation sites excluding steroid dienone is 1. The second-order valence-corrected chi connectivity index (χ2v) is 3.03. The summed E-state index contributed by atoms with van der Waals surface area (Å²) in [6.07, 6.45) is 1.87. The van der Waals surface area contributed by atoms with Crippen LogP contribution in [-0.2, 0) is 0 Å². The van der Waals surface area contributed by atoms with E-state index in [-0.39, 0.29) is 4.83 Å². The Kier molecular flexibility index (Phi) is 2.69. The first-order chi connectivity index (χ1) is 4.84. The number of hydrogen-bond donors (Lipinski definition) is 0. The first-order valence-corrected chi connectivity index (χ1v) is 4.07. The van der Waals surface area contributed by atoms with Crippen molar-refractivity contribution < 1.29 is 0 Å². The Hall–Kier alpha value is -0.560. The van der Waals surface area contributed by atoms with Crippen LogP contribution in [0.1, 0.15) is 10.4 Å². The fourth-order valence-electron chi connectivity index (χ4n) is 0.773. The zero-order valence-electron chi connectivity index (χ0n) is 5.63. The van der Waals surface area contributed by atoms with Crippen molar-refractivity contribution in [3.8, 4) is 0 Å². The van der Waals surface area contributed by atoms with Gasteiger partial charge in [-0.3, -0.25) is 0 Å². The standard InChI is InChI=1S/C9H9Br/c1-2-9(10)8-6-4-3-5-7-8/h2-7,9H,1H2/t9-/m1/s1. The van der Waals surface area contributed by atoms with Gasteiger partial charge in [0.25, 0.3) is 0 Å². The van der Waals surface area contributed by atoms with Crippen molar-refractivity contribution in [1.82, 2.24) is 0 Å². The molecule has 0 aliphatic rings. The summed E-state index contributed by atoms with van der Waals surface area (Å²) in [4.78, 5) is 0.286. The Morgan fingerprint density at radius 1 is 1.30 bits per heavy atom. The SMILES string of the molecule is C=C[C@@H](Br)c1ccccc1. The Balaban J connectivity index is 2.84. The highest BCUT2D eigenvalue weighted by Crippen LogP contribution is 2.22. The molecule has 0 N–H and O–H groups in total. The van der Waals surface area contributed by atoms with E-state index in [4.69, 9.17) is 0 Å². The van der Waals surface area contributed by atoms with Crippen molar-refractivity contribution in [3.05, 3.63) is 48.6 Å². The molecule has 0 aliphatic carbocycles. The molecule has 10 heavy (non-hydrogen) atoms. The molecular formula is C9H9Br. The van der Waals surface area contributed by atoms with Gasteiger partial charge in [0.05, 0.1) is 4.83 Å². The van der Waals surface area contributed by atoms with E-state index in [1.165, 1.54) is 5.56 Å². The molecule has 0 aromatic heterocycles. The number of alkyl halides is 1. The molecule has 1 aromatic carbocycles. The number of hydrogen-bond acceptors (Lipinski definition) is 0. The maximum atomic E-state index is 3.69. The second-order valence-electron chi connectivity index (χ2n) is 2.05. The normalized spacial score (nSPS) is 12.5. The van der Waals surface area contributed by atoms with Crippen LogP contribution in [0.25, 0.3) is 0 Å². The van der Waals surface area contributed by atoms with E-state index in [0.717, 1.165) is 0 Å². The van der Waals surface area contributed by atoms with E-state index in [1.54, 1.807) is 0 Å². The third kappa shape index (κ3) is 1.71. The molecule has 1 heteroatoms. The Morgan fingerprint density at radius 2 is 1.90 bits per heavy atom. The van der Waals surface area contributed by atoms with Gasteiger partial charge in [0.15, 0.2) is 0 Å². The summed E-state index contributed by atoms with van der Waals surface area (Å²) in [5.41, 5.74) is 1.25. The summed E-state index contributed by atoms with van der Waals surface area (Å²) >= 11 is 3.47. The molecule has 0 saturated carbocycles. The van der Waals surface area contributed by atoms with Crippen LogP contribution in [0.4, 0.5) is 0 Å². The quantitative estimate of drug-likeness (QED) is 0.504. The average molecular weight is 197 g/mol. The molecule has 0 bridgehead atoms. The molecule has 0 unspecified atom stereocenters. The molecule has 0 radical (unpaired) electrons. The minimum absolute atomic E-state index is 0.286. The highest BCUT2D eigenvalue weighted by Gasteiger charge is 1.98. The lowest BCUT2D eigenvalue weighted by Gasteiger charge is -2.01. The molecule has 0 nitrogen and oxygen atoms in total. The molecule has 0 saturated heterocycles. The number of rotatable bonds is 2. The minimum Gasteiger partial charge on any atom is -0.102 e. The van der Waals surface area contributed by atoms with Gasteiger partial charge < -0.3 is 0 Å². The van der Waals surface area contributed by atoms with Crippen LogP contribution < -0.4 is 0 Å². The zero-order valence-corrected chi connectivity index (χ0v) is 7.21. The van der Waals surface area contributed by atoms with Crippen molar-refractivity contribution in [2.24, 2.45) is 0 Å². The zero-order chi connectivity index (χ0) is 7.40. The molecule has 0 heterocycles. The van der Waals surface area contributed by atoms with Gasteiger partial charge in [0.2, 0.25) is 0 Å². The van der Waals surface area contributed by atoms with Crippen LogP contribution in [-0.4, -0.2) is 0 Å². The largest absolute Gasteiger partial charge is 0.102 e. The van der Waals surface area contributed by atoms with Crippen LogP contribution >= 0.6 is 15.9 Å². The van der Waals surface area contributed by atoms with Gasteiger partial charge in [0.1, 0.15) is 0 Å². The van der Waals surface area contributed by atoms with Crippen molar-refractivity contribution in [1.29, 1.82) is 0 Å². The van der Waals surface area contributed by atoms with E-state index in [0.29, 0.717) is 0 Å². The summed E-state index contributed by atoms with van der Waals surface area (Å²) in [5.74, 6) is 0. The predicted octanol–water partition coefficient (Wildman–Crippen LogP) is 3.31. The van der Waals surface area contributed by atoms with Gasteiger partial charge in [-0.15, -0.1) is 6.58 Å². The highest BCUT2D eigenvalue weighted by atomic mass is 79.9. The van der Waals surface area contributed by atoms with Crippen molar-refractivity contribution in [3.63, 3.8) is 0 Å². The lowest BCUT2D eigenvalue weighted by atomic mass is 10.2. The molecule has 0 fully saturated rings. The van der Waals surface area contributed by atoms with Crippen LogP contribution in [0.15, 0.2) is 43.0 Å². The second kappa shape index (κ2) is 3.57. The van der Waals surface area contributed by atoms with Gasteiger partial charge in [-0.1, -0.05) is 52.3 Å². The predicted molar refractivity (Wildman–Crippen MR) is 48.3 cm³/mol. The molecule has 0 amide bonds. The third-order valence-corrected chi connectivity index (χ3v) is 2.23. The molecule has 1 aromatic rings. The van der Waals surface area contributed by atoms with Crippen LogP contribution in [0.5, 0.6) is 0 Å². The smallest absolute Gasteiger partial charge is 0.0572 e. The summed E-state index contributed by atoms with van der Waals surface area (Å²) in [5, 5.41) is 0.